The second-order valence-corrected chi connectivity index (χ2v) is 3.15. The lowest BCUT2D eigenvalue weighted by molar-refractivity contribution is -0.116. The number of hydrogen-bond donors (Lipinski definition) is 0. The highest BCUT2D eigenvalue weighted by molar-refractivity contribution is 6.69. The predicted octanol–water partition coefficient (Wildman–Crippen LogP) is 1.34. The molecule has 1 aliphatic carbocycles. The summed E-state index contributed by atoms with van der Waals surface area (Å²) in [6.45, 7) is 0. The zero-order valence-electron chi connectivity index (χ0n) is 6.34. The molecule has 0 unspecified atom stereocenters. The van der Waals surface area contributed by atoms with Crippen molar-refractivity contribution in [2.24, 2.45) is 0 Å². The molecule has 0 aromatic carbocycles. The van der Waals surface area contributed by atoms with Gasteiger partial charge in [0.2, 0.25) is 5.24 Å². The van der Waals surface area contributed by atoms with Gasteiger partial charge in [0.1, 0.15) is 0 Å². The van der Waals surface area contributed by atoms with Gasteiger partial charge in [0.25, 0.3) is 5.24 Å². The molecule has 0 bridgehead atoms. The molecule has 0 saturated heterocycles. The van der Waals surface area contributed by atoms with Crippen molar-refractivity contribution in [3.63, 3.8) is 0 Å². The first-order chi connectivity index (χ1) is 6.00. The zero-order valence-corrected chi connectivity index (χ0v) is 7.85. The number of ketones is 1. The number of rotatable bonds is 2. The van der Waals surface area contributed by atoms with E-state index >= 15 is 0 Å². The van der Waals surface area contributed by atoms with E-state index in [1.165, 1.54) is 6.08 Å². The first-order valence-corrected chi connectivity index (χ1v) is 4.11. The minimum atomic E-state index is -0.775. The van der Waals surface area contributed by atoms with Gasteiger partial charge in [-0.25, -0.2) is 0 Å². The molecule has 1 aliphatic rings. The average molecular weight is 219 g/mol. The number of carbonyl (C=O) groups excluding carboxylic acids is 3. The molecule has 0 heterocycles. The van der Waals surface area contributed by atoms with Crippen LogP contribution >= 0.6 is 23.2 Å². The highest BCUT2D eigenvalue weighted by Crippen LogP contribution is 2.18. The molecule has 0 radical (unpaired) electrons. The van der Waals surface area contributed by atoms with E-state index in [4.69, 9.17) is 23.2 Å². The Morgan fingerprint density at radius 2 is 1.77 bits per heavy atom. The molecule has 0 aliphatic heterocycles. The zero-order chi connectivity index (χ0) is 10.0. The Morgan fingerprint density at radius 1 is 1.15 bits per heavy atom. The fraction of sp³-hybridized carbons (Fsp3) is 0.125. The maximum Gasteiger partial charge on any atom is 0.252 e. The van der Waals surface area contributed by atoms with Crippen molar-refractivity contribution < 1.29 is 14.4 Å². The Morgan fingerprint density at radius 3 is 2.23 bits per heavy atom. The van der Waals surface area contributed by atoms with Gasteiger partial charge in [0.05, 0.1) is 0 Å². The van der Waals surface area contributed by atoms with Crippen molar-refractivity contribution in [1.82, 2.24) is 0 Å². The molecule has 13 heavy (non-hydrogen) atoms. The first-order valence-electron chi connectivity index (χ1n) is 3.35. The third kappa shape index (κ3) is 2.50. The lowest BCUT2D eigenvalue weighted by atomic mass is 10.00. The lowest BCUT2D eigenvalue weighted by Gasteiger charge is -2.06. The number of allylic oxidation sites excluding steroid dienone is 4. The van der Waals surface area contributed by atoms with Crippen LogP contribution in [-0.4, -0.2) is 16.3 Å². The number of hydrogen-bond acceptors (Lipinski definition) is 3. The van der Waals surface area contributed by atoms with Gasteiger partial charge in [-0.05, 0) is 35.4 Å². The Bertz CT molecular complexity index is 352. The Kier molecular flexibility index (Phi) is 3.01. The second-order valence-electron chi connectivity index (χ2n) is 2.46. The monoisotopic (exact) mass is 218 g/mol. The average Bonchev–Trinajstić information content (AvgIpc) is 2.03. The van der Waals surface area contributed by atoms with Crippen LogP contribution in [0.5, 0.6) is 0 Å². The molecule has 0 amide bonds. The molecule has 0 saturated carbocycles. The van der Waals surface area contributed by atoms with Gasteiger partial charge in [0.15, 0.2) is 5.78 Å². The third-order valence-corrected chi connectivity index (χ3v) is 1.95. The van der Waals surface area contributed by atoms with E-state index in [2.05, 4.69) is 0 Å². The van der Waals surface area contributed by atoms with Gasteiger partial charge in [-0.1, -0.05) is 0 Å². The molecule has 1 rings (SSSR count). The summed E-state index contributed by atoms with van der Waals surface area (Å²) in [5, 5.41) is -1.51. The summed E-state index contributed by atoms with van der Waals surface area (Å²) in [5.41, 5.74) is 0.0973. The van der Waals surface area contributed by atoms with Crippen molar-refractivity contribution in [3.05, 3.63) is 23.3 Å². The van der Waals surface area contributed by atoms with Crippen molar-refractivity contribution in [2.45, 2.75) is 6.42 Å². The van der Waals surface area contributed by atoms with E-state index in [0.29, 0.717) is 0 Å². The van der Waals surface area contributed by atoms with Crippen LogP contribution in [0.3, 0.4) is 0 Å². The Labute approximate surface area is 84.0 Å². The van der Waals surface area contributed by atoms with Crippen LogP contribution in [0.4, 0.5) is 0 Å². The maximum absolute atomic E-state index is 11.0. The summed E-state index contributed by atoms with van der Waals surface area (Å²) in [6, 6.07) is 0. The van der Waals surface area contributed by atoms with Gasteiger partial charge in [-0.2, -0.15) is 0 Å². The van der Waals surface area contributed by atoms with E-state index in [9.17, 15) is 14.4 Å². The van der Waals surface area contributed by atoms with Crippen molar-refractivity contribution in [3.8, 4) is 0 Å². The fourth-order valence-electron chi connectivity index (χ4n) is 0.932. The van der Waals surface area contributed by atoms with E-state index in [0.717, 1.165) is 6.08 Å². The van der Waals surface area contributed by atoms with Gasteiger partial charge in [-0.15, -0.1) is 0 Å². The summed E-state index contributed by atoms with van der Waals surface area (Å²) >= 11 is 10.3. The number of carbonyl (C=O) groups is 3. The van der Waals surface area contributed by atoms with Crippen molar-refractivity contribution >= 4 is 39.5 Å². The maximum atomic E-state index is 11.0. The third-order valence-electron chi connectivity index (χ3n) is 1.49. The minimum absolute atomic E-state index is 0.00177. The van der Waals surface area contributed by atoms with Gasteiger partial charge in [-0.3, -0.25) is 14.4 Å². The van der Waals surface area contributed by atoms with Gasteiger partial charge < -0.3 is 0 Å². The van der Waals surface area contributed by atoms with Crippen LogP contribution in [-0.2, 0) is 14.4 Å². The molecule has 0 spiro atoms. The van der Waals surface area contributed by atoms with E-state index in [-0.39, 0.29) is 23.4 Å². The highest BCUT2D eigenvalue weighted by atomic mass is 35.5. The van der Waals surface area contributed by atoms with Crippen LogP contribution in [0.25, 0.3) is 0 Å². The first kappa shape index (κ1) is 10.2. The van der Waals surface area contributed by atoms with E-state index in [1.807, 2.05) is 0 Å². The van der Waals surface area contributed by atoms with Crippen LogP contribution in [0.15, 0.2) is 23.3 Å². The summed E-state index contributed by atoms with van der Waals surface area (Å²) in [5.74, 6) is -0.351. The molecule has 0 fully saturated rings. The Hall–Kier alpha value is -0.930. The quantitative estimate of drug-likeness (QED) is 0.658. The van der Waals surface area contributed by atoms with Crippen LogP contribution in [0, 0.1) is 0 Å². The van der Waals surface area contributed by atoms with E-state index < -0.39 is 10.5 Å². The fourth-order valence-corrected chi connectivity index (χ4v) is 1.16. The van der Waals surface area contributed by atoms with Crippen LogP contribution in [0.1, 0.15) is 6.42 Å². The topological polar surface area (TPSA) is 51.2 Å². The Balaban J connectivity index is 3.05. The minimum Gasteiger partial charge on any atom is -0.294 e. The summed E-state index contributed by atoms with van der Waals surface area (Å²) < 4.78 is 0. The van der Waals surface area contributed by atoms with E-state index in [1.54, 1.807) is 0 Å². The van der Waals surface area contributed by atoms with Crippen molar-refractivity contribution in [2.75, 3.05) is 0 Å². The van der Waals surface area contributed by atoms with Gasteiger partial charge >= 0.3 is 0 Å². The molecular formula is C8H4Cl2O3. The largest absolute Gasteiger partial charge is 0.294 e. The SMILES string of the molecule is O=C1C=C(C(=O)Cl)C=C(C(=O)Cl)C1. The summed E-state index contributed by atoms with van der Waals surface area (Å²) in [4.78, 5) is 32.3. The van der Waals surface area contributed by atoms with Gasteiger partial charge in [0, 0.05) is 17.6 Å². The summed E-state index contributed by atoms with van der Waals surface area (Å²) in [7, 11) is 0. The molecule has 0 aromatic heterocycles. The second kappa shape index (κ2) is 3.85. The summed E-state index contributed by atoms with van der Waals surface area (Å²) in [6.07, 6.45) is 2.25. The van der Waals surface area contributed by atoms with Crippen LogP contribution < -0.4 is 0 Å². The number of halogens is 2. The molecule has 68 valence electrons. The molecule has 3 nitrogen and oxygen atoms in total. The smallest absolute Gasteiger partial charge is 0.252 e. The van der Waals surface area contributed by atoms with Crippen molar-refractivity contribution in [1.29, 1.82) is 0 Å². The molecule has 5 heteroatoms. The molecule has 0 aromatic rings. The molecule has 0 atom stereocenters. The predicted molar refractivity (Wildman–Crippen MR) is 47.5 cm³/mol. The molecular weight excluding hydrogens is 215 g/mol. The lowest BCUT2D eigenvalue weighted by Crippen LogP contribution is -2.09. The highest BCUT2D eigenvalue weighted by Gasteiger charge is 2.18. The van der Waals surface area contributed by atoms with Crippen LogP contribution in [0.2, 0.25) is 0 Å². The standard InChI is InChI=1S/C8H4Cl2O3/c9-7(12)4-1-5(8(10)13)3-6(11)2-4/h1-2H,3H2. The normalized spacial score (nSPS) is 16.3. The molecule has 0 N–H and O–H groups in total.